The van der Waals surface area contributed by atoms with Gasteiger partial charge >= 0.3 is 0 Å². The second-order valence-corrected chi connectivity index (χ2v) is 6.76. The van der Waals surface area contributed by atoms with Gasteiger partial charge in [0.2, 0.25) is 17.7 Å². The summed E-state index contributed by atoms with van der Waals surface area (Å²) < 4.78 is 16.3. The van der Waals surface area contributed by atoms with Crippen LogP contribution >= 0.6 is 0 Å². The molecule has 1 heterocycles. The first kappa shape index (κ1) is 20.4. The molecule has 7 nitrogen and oxygen atoms in total. The largest absolute Gasteiger partial charge is 0.497 e. The van der Waals surface area contributed by atoms with Gasteiger partial charge in [-0.15, -0.1) is 10.2 Å². The highest BCUT2D eigenvalue weighted by Crippen LogP contribution is 2.29. The standard InChI is InChI=1S/C22H25N3O4/c1-14-5-7-16(8-6-14)22-25-24-21(29-22)12-11-20(26)23-15(2)18-13-17(27-3)9-10-19(18)28-4/h5-10,13,15H,11-12H2,1-4H3,(H,23,26)/t15-/m0/s1. The van der Waals surface area contributed by atoms with Gasteiger partial charge in [0.1, 0.15) is 11.5 Å². The molecule has 3 aromatic rings. The van der Waals surface area contributed by atoms with E-state index in [-0.39, 0.29) is 18.4 Å². The smallest absolute Gasteiger partial charge is 0.247 e. The molecular formula is C22H25N3O4. The van der Waals surface area contributed by atoms with Crippen molar-refractivity contribution in [2.45, 2.75) is 32.7 Å². The first-order valence-electron chi connectivity index (χ1n) is 9.41. The lowest BCUT2D eigenvalue weighted by atomic mass is 10.1. The molecular weight excluding hydrogens is 370 g/mol. The number of amides is 1. The van der Waals surface area contributed by atoms with Crippen molar-refractivity contribution in [1.82, 2.24) is 15.5 Å². The van der Waals surface area contributed by atoms with Crippen LogP contribution in [-0.2, 0) is 11.2 Å². The zero-order chi connectivity index (χ0) is 20.8. The molecule has 152 valence electrons. The molecule has 0 fully saturated rings. The minimum absolute atomic E-state index is 0.113. The highest BCUT2D eigenvalue weighted by molar-refractivity contribution is 5.76. The summed E-state index contributed by atoms with van der Waals surface area (Å²) in [5.41, 5.74) is 2.86. The van der Waals surface area contributed by atoms with Crippen LogP contribution in [0.1, 0.15) is 36.4 Å². The van der Waals surface area contributed by atoms with Crippen molar-refractivity contribution in [3.05, 3.63) is 59.5 Å². The zero-order valence-electron chi connectivity index (χ0n) is 17.1. The number of ether oxygens (including phenoxy) is 2. The van der Waals surface area contributed by atoms with E-state index in [1.54, 1.807) is 14.2 Å². The number of aromatic nitrogens is 2. The maximum Gasteiger partial charge on any atom is 0.247 e. The van der Waals surface area contributed by atoms with Gasteiger partial charge in [0.05, 0.1) is 20.3 Å². The molecule has 1 amide bonds. The maximum atomic E-state index is 12.4. The van der Waals surface area contributed by atoms with Crippen LogP contribution in [0.15, 0.2) is 46.9 Å². The number of hydrogen-bond donors (Lipinski definition) is 1. The molecule has 3 rings (SSSR count). The molecule has 0 unspecified atom stereocenters. The third kappa shape index (κ3) is 5.13. The van der Waals surface area contributed by atoms with E-state index in [0.29, 0.717) is 29.7 Å². The van der Waals surface area contributed by atoms with Gasteiger partial charge in [-0.3, -0.25) is 4.79 Å². The minimum Gasteiger partial charge on any atom is -0.497 e. The molecule has 0 saturated carbocycles. The van der Waals surface area contributed by atoms with Crippen molar-refractivity contribution in [3.63, 3.8) is 0 Å². The van der Waals surface area contributed by atoms with Crippen molar-refractivity contribution < 1.29 is 18.7 Å². The Kier molecular flexibility index (Phi) is 6.49. The Balaban J connectivity index is 1.58. The molecule has 1 aromatic heterocycles. The van der Waals surface area contributed by atoms with Crippen LogP contribution in [0.2, 0.25) is 0 Å². The average molecular weight is 395 g/mol. The Morgan fingerprint density at radius 1 is 1.10 bits per heavy atom. The number of carbonyl (C=O) groups excluding carboxylic acids is 1. The summed E-state index contributed by atoms with van der Waals surface area (Å²) in [6.07, 6.45) is 0.610. The van der Waals surface area contributed by atoms with Crippen molar-refractivity contribution in [1.29, 1.82) is 0 Å². The Morgan fingerprint density at radius 2 is 1.86 bits per heavy atom. The predicted molar refractivity (Wildman–Crippen MR) is 109 cm³/mol. The summed E-state index contributed by atoms with van der Waals surface area (Å²) in [5.74, 6) is 2.17. The number of aryl methyl sites for hydroxylation is 2. The number of benzene rings is 2. The molecule has 0 radical (unpaired) electrons. The van der Waals surface area contributed by atoms with Gasteiger partial charge in [-0.25, -0.2) is 0 Å². The summed E-state index contributed by atoms with van der Waals surface area (Å²) in [7, 11) is 3.20. The normalized spacial score (nSPS) is 11.7. The fourth-order valence-corrected chi connectivity index (χ4v) is 2.96. The van der Waals surface area contributed by atoms with Crippen molar-refractivity contribution >= 4 is 5.91 Å². The molecule has 0 aliphatic carbocycles. The van der Waals surface area contributed by atoms with Gasteiger partial charge in [0.25, 0.3) is 0 Å². The van der Waals surface area contributed by atoms with E-state index >= 15 is 0 Å². The lowest BCUT2D eigenvalue weighted by molar-refractivity contribution is -0.121. The molecule has 2 aromatic carbocycles. The van der Waals surface area contributed by atoms with Crippen LogP contribution in [0.25, 0.3) is 11.5 Å². The van der Waals surface area contributed by atoms with Crippen LogP contribution < -0.4 is 14.8 Å². The van der Waals surface area contributed by atoms with E-state index < -0.39 is 0 Å². The van der Waals surface area contributed by atoms with E-state index in [9.17, 15) is 4.79 Å². The summed E-state index contributed by atoms with van der Waals surface area (Å²) in [6, 6.07) is 13.1. The molecule has 0 bridgehead atoms. The lowest BCUT2D eigenvalue weighted by Gasteiger charge is -2.18. The molecule has 0 saturated heterocycles. The Hall–Kier alpha value is -3.35. The van der Waals surface area contributed by atoms with Crippen LogP contribution in [0.3, 0.4) is 0 Å². The van der Waals surface area contributed by atoms with Crippen LogP contribution in [0.4, 0.5) is 0 Å². The zero-order valence-corrected chi connectivity index (χ0v) is 17.1. The second kappa shape index (κ2) is 9.23. The van der Waals surface area contributed by atoms with Crippen LogP contribution in [0, 0.1) is 6.92 Å². The summed E-state index contributed by atoms with van der Waals surface area (Å²) in [6.45, 7) is 3.92. The van der Waals surface area contributed by atoms with E-state index in [1.807, 2.05) is 56.3 Å². The van der Waals surface area contributed by atoms with Gasteiger partial charge < -0.3 is 19.2 Å². The molecule has 0 spiro atoms. The number of hydrogen-bond acceptors (Lipinski definition) is 6. The quantitative estimate of drug-likeness (QED) is 0.623. The first-order chi connectivity index (χ1) is 14.0. The van der Waals surface area contributed by atoms with E-state index in [2.05, 4.69) is 15.5 Å². The molecule has 29 heavy (non-hydrogen) atoms. The van der Waals surface area contributed by atoms with Gasteiger partial charge in [0.15, 0.2) is 0 Å². The van der Waals surface area contributed by atoms with Crippen molar-refractivity contribution in [3.8, 4) is 23.0 Å². The number of methoxy groups -OCH3 is 2. The number of rotatable bonds is 8. The van der Waals surface area contributed by atoms with E-state index in [1.165, 1.54) is 0 Å². The fourth-order valence-electron chi connectivity index (χ4n) is 2.96. The molecule has 0 aliphatic heterocycles. The fraction of sp³-hybridized carbons (Fsp3) is 0.318. The second-order valence-electron chi connectivity index (χ2n) is 6.76. The SMILES string of the molecule is COc1ccc(OC)c([C@H](C)NC(=O)CCc2nnc(-c3ccc(C)cc3)o2)c1. The highest BCUT2D eigenvalue weighted by Gasteiger charge is 2.16. The first-order valence-corrected chi connectivity index (χ1v) is 9.41. The third-order valence-corrected chi connectivity index (χ3v) is 4.61. The summed E-state index contributed by atoms with van der Waals surface area (Å²) >= 11 is 0. The topological polar surface area (TPSA) is 86.5 Å². The number of nitrogens with one attached hydrogen (secondary N) is 1. The third-order valence-electron chi connectivity index (χ3n) is 4.61. The number of nitrogens with zero attached hydrogens (tertiary/aromatic N) is 2. The van der Waals surface area contributed by atoms with E-state index in [4.69, 9.17) is 13.9 Å². The summed E-state index contributed by atoms with van der Waals surface area (Å²) in [4.78, 5) is 12.4. The molecule has 1 atom stereocenters. The van der Waals surface area contributed by atoms with Crippen LogP contribution in [-0.4, -0.2) is 30.3 Å². The van der Waals surface area contributed by atoms with Crippen molar-refractivity contribution in [2.24, 2.45) is 0 Å². The average Bonchev–Trinajstić information content (AvgIpc) is 3.21. The lowest BCUT2D eigenvalue weighted by Crippen LogP contribution is -2.27. The highest BCUT2D eigenvalue weighted by atomic mass is 16.5. The summed E-state index contributed by atoms with van der Waals surface area (Å²) in [5, 5.41) is 11.1. The van der Waals surface area contributed by atoms with Gasteiger partial charge in [-0.2, -0.15) is 0 Å². The molecule has 1 N–H and O–H groups in total. The molecule has 0 aliphatic rings. The number of carbonyl (C=O) groups is 1. The Morgan fingerprint density at radius 3 is 2.55 bits per heavy atom. The Bertz CT molecular complexity index is 966. The van der Waals surface area contributed by atoms with E-state index in [0.717, 1.165) is 16.7 Å². The maximum absolute atomic E-state index is 12.4. The Labute approximate surface area is 170 Å². The minimum atomic E-state index is -0.238. The van der Waals surface area contributed by atoms with Gasteiger partial charge in [-0.05, 0) is 44.2 Å². The van der Waals surface area contributed by atoms with Gasteiger partial charge in [0, 0.05) is 24.0 Å². The van der Waals surface area contributed by atoms with Crippen LogP contribution in [0.5, 0.6) is 11.5 Å². The van der Waals surface area contributed by atoms with Gasteiger partial charge in [-0.1, -0.05) is 17.7 Å². The monoisotopic (exact) mass is 395 g/mol. The molecule has 7 heteroatoms. The predicted octanol–water partition coefficient (Wildman–Crippen LogP) is 3.87. The van der Waals surface area contributed by atoms with Crippen molar-refractivity contribution in [2.75, 3.05) is 14.2 Å².